The van der Waals surface area contributed by atoms with Crippen molar-refractivity contribution in [3.05, 3.63) is 35.9 Å². The van der Waals surface area contributed by atoms with E-state index >= 15 is 0 Å². The van der Waals surface area contributed by atoms with Crippen molar-refractivity contribution in [3.8, 4) is 0 Å². The Kier molecular flexibility index (Phi) is 8.28. The van der Waals surface area contributed by atoms with Crippen LogP contribution in [0, 0.1) is 5.92 Å². The third-order valence-electron chi connectivity index (χ3n) is 3.95. The molecule has 2 atom stereocenters. The number of ether oxygens (including phenoxy) is 1. The fourth-order valence-electron chi connectivity index (χ4n) is 2.55. The number of carbonyl (C=O) groups excluding carboxylic acids is 2. The minimum Gasteiger partial charge on any atom is -0.480 e. The molecule has 0 saturated carbocycles. The van der Waals surface area contributed by atoms with Crippen LogP contribution < -0.4 is 5.32 Å². The highest BCUT2D eigenvalue weighted by Gasteiger charge is 2.28. The van der Waals surface area contributed by atoms with Gasteiger partial charge in [0.15, 0.2) is 0 Å². The average Bonchev–Trinajstić information content (AvgIpc) is 2.57. The Bertz CT molecular complexity index is 640. The number of aliphatic carboxylic acids is 1. The van der Waals surface area contributed by atoms with Gasteiger partial charge in [0, 0.05) is 19.5 Å². The second-order valence-electron chi connectivity index (χ2n) is 7.67. The molecule has 0 bridgehead atoms. The molecule has 0 aliphatic heterocycles. The van der Waals surface area contributed by atoms with Crippen LogP contribution in [-0.2, 0) is 20.7 Å². The molecule has 0 aromatic heterocycles. The summed E-state index contributed by atoms with van der Waals surface area (Å²) in [5.74, 6) is -1.92. The quantitative estimate of drug-likeness (QED) is 0.725. The molecule has 7 heteroatoms. The number of amides is 2. The van der Waals surface area contributed by atoms with Crippen molar-refractivity contribution < 1.29 is 24.2 Å². The van der Waals surface area contributed by atoms with Crippen molar-refractivity contribution in [3.63, 3.8) is 0 Å². The van der Waals surface area contributed by atoms with Crippen molar-refractivity contribution in [2.45, 2.75) is 52.2 Å². The summed E-state index contributed by atoms with van der Waals surface area (Å²) in [5, 5.41) is 11.7. The van der Waals surface area contributed by atoms with E-state index in [9.17, 15) is 19.5 Å². The SMILES string of the molecule is CC(CC(NC(=O)OC(C)(C)C)C(=O)O)C(=O)N(C)CCc1ccccc1. The number of carboxylic acid groups (broad SMARTS) is 1. The van der Waals surface area contributed by atoms with E-state index in [2.05, 4.69) is 5.32 Å². The van der Waals surface area contributed by atoms with Gasteiger partial charge in [-0.25, -0.2) is 9.59 Å². The molecule has 0 fully saturated rings. The van der Waals surface area contributed by atoms with Crippen LogP contribution in [0.1, 0.15) is 39.7 Å². The van der Waals surface area contributed by atoms with Gasteiger partial charge in [-0.2, -0.15) is 0 Å². The molecule has 2 amide bonds. The maximum absolute atomic E-state index is 12.5. The van der Waals surface area contributed by atoms with Gasteiger partial charge in [-0.3, -0.25) is 4.79 Å². The number of benzene rings is 1. The maximum atomic E-state index is 12.5. The van der Waals surface area contributed by atoms with Gasteiger partial charge in [0.1, 0.15) is 11.6 Å². The number of carboxylic acids is 1. The lowest BCUT2D eigenvalue weighted by Gasteiger charge is -2.25. The lowest BCUT2D eigenvalue weighted by Crippen LogP contribution is -2.46. The Morgan fingerprint density at radius 2 is 1.78 bits per heavy atom. The second-order valence-corrected chi connectivity index (χ2v) is 7.67. The van der Waals surface area contributed by atoms with E-state index in [0.29, 0.717) is 13.0 Å². The van der Waals surface area contributed by atoms with E-state index in [0.717, 1.165) is 5.56 Å². The van der Waals surface area contributed by atoms with Crippen molar-refractivity contribution in [1.82, 2.24) is 10.2 Å². The van der Waals surface area contributed by atoms with Crippen LogP contribution in [0.5, 0.6) is 0 Å². The predicted octanol–water partition coefficient (Wildman–Crippen LogP) is 2.69. The normalized spacial score (nSPS) is 13.4. The second kappa shape index (κ2) is 9.94. The zero-order valence-corrected chi connectivity index (χ0v) is 16.7. The highest BCUT2D eigenvalue weighted by molar-refractivity contribution is 5.82. The van der Waals surface area contributed by atoms with E-state index in [4.69, 9.17) is 4.74 Å². The van der Waals surface area contributed by atoms with Crippen LogP contribution >= 0.6 is 0 Å². The van der Waals surface area contributed by atoms with E-state index in [-0.39, 0.29) is 12.3 Å². The van der Waals surface area contributed by atoms with E-state index in [1.807, 2.05) is 30.3 Å². The summed E-state index contributed by atoms with van der Waals surface area (Å²) >= 11 is 0. The minimum atomic E-state index is -1.20. The first-order valence-electron chi connectivity index (χ1n) is 9.01. The molecular formula is C20H30N2O5. The van der Waals surface area contributed by atoms with E-state index in [1.165, 1.54) is 0 Å². The molecular weight excluding hydrogens is 348 g/mol. The molecule has 0 spiro atoms. The molecule has 7 nitrogen and oxygen atoms in total. The van der Waals surface area contributed by atoms with Gasteiger partial charge in [0.05, 0.1) is 0 Å². The van der Waals surface area contributed by atoms with Crippen molar-refractivity contribution in [1.29, 1.82) is 0 Å². The average molecular weight is 378 g/mol. The molecule has 1 aromatic carbocycles. The molecule has 0 saturated heterocycles. The van der Waals surface area contributed by atoms with Gasteiger partial charge in [0.25, 0.3) is 0 Å². The zero-order valence-electron chi connectivity index (χ0n) is 16.7. The van der Waals surface area contributed by atoms with Gasteiger partial charge in [0.2, 0.25) is 5.91 Å². The Morgan fingerprint density at radius 1 is 1.19 bits per heavy atom. The van der Waals surface area contributed by atoms with Crippen molar-refractivity contribution in [2.75, 3.05) is 13.6 Å². The number of hydrogen-bond donors (Lipinski definition) is 2. The van der Waals surface area contributed by atoms with Crippen LogP contribution in [-0.4, -0.2) is 53.2 Å². The van der Waals surface area contributed by atoms with Crippen molar-refractivity contribution >= 4 is 18.0 Å². The Hall–Kier alpha value is -2.57. The van der Waals surface area contributed by atoms with Crippen LogP contribution in [0.25, 0.3) is 0 Å². The summed E-state index contributed by atoms with van der Waals surface area (Å²) in [4.78, 5) is 37.4. The summed E-state index contributed by atoms with van der Waals surface area (Å²) in [5.41, 5.74) is 0.395. The lowest BCUT2D eigenvalue weighted by atomic mass is 10.00. The van der Waals surface area contributed by atoms with Crippen LogP contribution in [0.2, 0.25) is 0 Å². The largest absolute Gasteiger partial charge is 0.480 e. The summed E-state index contributed by atoms with van der Waals surface area (Å²) in [6, 6.07) is 8.62. The number of likely N-dealkylation sites (N-methyl/N-ethyl adjacent to an activating group) is 1. The fraction of sp³-hybridized carbons (Fsp3) is 0.550. The van der Waals surface area contributed by atoms with E-state index < -0.39 is 29.6 Å². The standard InChI is InChI=1S/C20H30N2O5/c1-14(13-16(18(24)25)21-19(26)27-20(2,3)4)17(23)22(5)12-11-15-9-7-6-8-10-15/h6-10,14,16H,11-13H2,1-5H3,(H,21,26)(H,24,25). The fourth-order valence-corrected chi connectivity index (χ4v) is 2.55. The first-order valence-corrected chi connectivity index (χ1v) is 9.01. The topological polar surface area (TPSA) is 95.9 Å². The molecule has 0 aliphatic rings. The lowest BCUT2D eigenvalue weighted by molar-refractivity contribution is -0.141. The number of nitrogens with zero attached hydrogens (tertiary/aromatic N) is 1. The first kappa shape index (κ1) is 22.5. The summed E-state index contributed by atoms with van der Waals surface area (Å²) in [6.07, 6.45) is -0.107. The molecule has 1 aromatic rings. The highest BCUT2D eigenvalue weighted by atomic mass is 16.6. The molecule has 2 unspecified atom stereocenters. The Morgan fingerprint density at radius 3 is 2.30 bits per heavy atom. The Balaban J connectivity index is 2.58. The summed E-state index contributed by atoms with van der Waals surface area (Å²) in [7, 11) is 1.69. The highest BCUT2D eigenvalue weighted by Crippen LogP contribution is 2.13. The first-order chi connectivity index (χ1) is 12.5. The molecule has 2 N–H and O–H groups in total. The summed E-state index contributed by atoms with van der Waals surface area (Å²) < 4.78 is 5.09. The molecule has 150 valence electrons. The molecule has 0 aliphatic carbocycles. The number of alkyl carbamates (subject to hydrolysis) is 1. The van der Waals surface area contributed by atoms with E-state index in [1.54, 1.807) is 39.6 Å². The number of hydrogen-bond acceptors (Lipinski definition) is 4. The van der Waals surface area contributed by atoms with Crippen LogP contribution in [0.15, 0.2) is 30.3 Å². The van der Waals surface area contributed by atoms with Crippen LogP contribution in [0.3, 0.4) is 0 Å². The van der Waals surface area contributed by atoms with Crippen LogP contribution in [0.4, 0.5) is 4.79 Å². The third-order valence-corrected chi connectivity index (χ3v) is 3.95. The molecule has 1 rings (SSSR count). The van der Waals surface area contributed by atoms with Gasteiger partial charge < -0.3 is 20.1 Å². The smallest absolute Gasteiger partial charge is 0.408 e. The predicted molar refractivity (Wildman–Crippen MR) is 102 cm³/mol. The van der Waals surface area contributed by atoms with Gasteiger partial charge >= 0.3 is 12.1 Å². The Labute approximate surface area is 160 Å². The number of nitrogens with one attached hydrogen (secondary N) is 1. The van der Waals surface area contributed by atoms with Gasteiger partial charge in [-0.05, 0) is 39.2 Å². The summed E-state index contributed by atoms with van der Waals surface area (Å²) in [6.45, 7) is 7.26. The molecule has 27 heavy (non-hydrogen) atoms. The van der Waals surface area contributed by atoms with Gasteiger partial charge in [-0.15, -0.1) is 0 Å². The van der Waals surface area contributed by atoms with Gasteiger partial charge in [-0.1, -0.05) is 37.3 Å². The minimum absolute atomic E-state index is 0.0108. The molecule has 0 radical (unpaired) electrons. The van der Waals surface area contributed by atoms with Crippen molar-refractivity contribution in [2.24, 2.45) is 5.92 Å². The number of carbonyl (C=O) groups is 3. The monoisotopic (exact) mass is 378 g/mol. The third kappa shape index (κ3) is 8.57. The zero-order chi connectivity index (χ0) is 20.6. The maximum Gasteiger partial charge on any atom is 0.408 e. The number of rotatable bonds is 8. The molecule has 0 heterocycles.